The third kappa shape index (κ3) is 6.15. The number of benzene rings is 4. The fourth-order valence-electron chi connectivity index (χ4n) is 3.87. The van der Waals surface area contributed by atoms with E-state index in [2.05, 4.69) is 15.5 Å². The van der Waals surface area contributed by atoms with Crippen LogP contribution in [0.1, 0.15) is 29.8 Å². The minimum atomic E-state index is -4.63. The Bertz CT molecular complexity index is 1720. The van der Waals surface area contributed by atoms with Crippen LogP contribution in [0.25, 0.3) is 10.8 Å². The molecular formula is C27H23Cl2N3O6S. The zero-order valence-electron chi connectivity index (χ0n) is 20.8. The summed E-state index contributed by atoms with van der Waals surface area (Å²) in [5.41, 5.74) is 0.668. The number of nitrogens with one attached hydrogen (secondary N) is 1. The lowest BCUT2D eigenvalue weighted by Crippen LogP contribution is -2.13. The first-order chi connectivity index (χ1) is 18.5. The first-order valence-electron chi connectivity index (χ1n) is 11.7. The lowest BCUT2D eigenvalue weighted by Gasteiger charge is -2.14. The van der Waals surface area contributed by atoms with Crippen molar-refractivity contribution in [3.05, 3.63) is 81.8 Å². The topological polar surface area (TPSA) is 138 Å². The number of phenolic OH excluding ortho intramolecular Hbond substituents is 1. The standard InChI is InChI=1S/C27H23Cl2N3O6S/c1-3-15-11-21(24(29)23(12-15)39(35,36)37)31-32-25-18-8-6-5-7-16(18)13-19(26(25)33)27(34)30-20-14-17(28)9-10-22(20)38-4-2/h5-14,33H,3-4H2,1-2H3,(H,30,34)(H,35,36,37). The third-order valence-electron chi connectivity index (χ3n) is 5.75. The van der Waals surface area contributed by atoms with E-state index in [1.807, 2.05) is 0 Å². The molecule has 4 rings (SSSR count). The van der Waals surface area contributed by atoms with Crippen molar-refractivity contribution in [2.45, 2.75) is 25.2 Å². The summed E-state index contributed by atoms with van der Waals surface area (Å²) in [6, 6.07) is 15.9. The maximum absolute atomic E-state index is 13.3. The van der Waals surface area contributed by atoms with Crippen LogP contribution in [0.4, 0.5) is 17.1 Å². The Balaban J connectivity index is 1.83. The number of fused-ring (bicyclic) bond motifs is 1. The van der Waals surface area contributed by atoms with Crippen molar-refractivity contribution in [1.82, 2.24) is 0 Å². The van der Waals surface area contributed by atoms with Gasteiger partial charge in [0.15, 0.2) is 5.75 Å². The molecule has 12 heteroatoms. The maximum Gasteiger partial charge on any atom is 0.296 e. The number of halogens is 2. The molecule has 3 N–H and O–H groups in total. The van der Waals surface area contributed by atoms with Gasteiger partial charge in [-0.1, -0.05) is 54.4 Å². The van der Waals surface area contributed by atoms with Gasteiger partial charge in [0.05, 0.1) is 22.9 Å². The van der Waals surface area contributed by atoms with Gasteiger partial charge in [-0.05, 0) is 60.7 Å². The van der Waals surface area contributed by atoms with Gasteiger partial charge in [-0.2, -0.15) is 8.42 Å². The van der Waals surface area contributed by atoms with Crippen LogP contribution in [-0.4, -0.2) is 30.6 Å². The summed E-state index contributed by atoms with van der Waals surface area (Å²) >= 11 is 12.3. The maximum atomic E-state index is 13.3. The van der Waals surface area contributed by atoms with Gasteiger partial charge in [-0.25, -0.2) is 0 Å². The van der Waals surface area contributed by atoms with Crippen LogP contribution in [0.5, 0.6) is 11.5 Å². The van der Waals surface area contributed by atoms with Crippen molar-refractivity contribution in [2.75, 3.05) is 11.9 Å². The molecule has 0 aromatic heterocycles. The van der Waals surface area contributed by atoms with E-state index in [1.165, 1.54) is 24.3 Å². The van der Waals surface area contributed by atoms with Gasteiger partial charge in [-0.15, -0.1) is 10.2 Å². The normalized spacial score (nSPS) is 11.7. The number of azo groups is 1. The number of aromatic hydroxyl groups is 1. The Morgan fingerprint density at radius 3 is 2.46 bits per heavy atom. The first-order valence-corrected chi connectivity index (χ1v) is 13.9. The van der Waals surface area contributed by atoms with Crippen molar-refractivity contribution >= 4 is 67.1 Å². The smallest absolute Gasteiger partial charge is 0.296 e. The molecule has 0 aliphatic carbocycles. The lowest BCUT2D eigenvalue weighted by atomic mass is 10.0. The van der Waals surface area contributed by atoms with Crippen molar-refractivity contribution in [1.29, 1.82) is 0 Å². The van der Waals surface area contributed by atoms with E-state index in [9.17, 15) is 22.9 Å². The number of rotatable bonds is 8. The molecule has 0 heterocycles. The summed E-state index contributed by atoms with van der Waals surface area (Å²) in [5.74, 6) is -0.721. The average molecular weight is 588 g/mol. The van der Waals surface area contributed by atoms with Crippen LogP contribution < -0.4 is 10.1 Å². The molecule has 9 nitrogen and oxygen atoms in total. The highest BCUT2D eigenvalue weighted by Gasteiger charge is 2.22. The molecule has 4 aromatic carbocycles. The molecule has 0 aliphatic heterocycles. The summed E-state index contributed by atoms with van der Waals surface area (Å²) < 4.78 is 38.8. The van der Waals surface area contributed by atoms with Crippen molar-refractivity contribution in [3.8, 4) is 11.5 Å². The highest BCUT2D eigenvalue weighted by Crippen LogP contribution is 2.41. The Hall–Kier alpha value is -3.70. The molecular weight excluding hydrogens is 565 g/mol. The molecule has 4 aromatic rings. The van der Waals surface area contributed by atoms with Crippen molar-refractivity contribution < 1.29 is 27.6 Å². The Kier molecular flexibility index (Phi) is 8.41. The van der Waals surface area contributed by atoms with Gasteiger partial charge in [-0.3, -0.25) is 9.35 Å². The number of nitrogens with zero attached hydrogens (tertiary/aromatic N) is 2. The van der Waals surface area contributed by atoms with E-state index in [0.29, 0.717) is 45.8 Å². The Labute approximate surface area is 234 Å². The van der Waals surface area contributed by atoms with E-state index >= 15 is 0 Å². The molecule has 0 atom stereocenters. The largest absolute Gasteiger partial charge is 0.505 e. The van der Waals surface area contributed by atoms with E-state index in [0.717, 1.165) is 0 Å². The molecule has 0 aliphatic rings. The van der Waals surface area contributed by atoms with E-state index in [-0.39, 0.29) is 22.0 Å². The molecule has 39 heavy (non-hydrogen) atoms. The van der Waals surface area contributed by atoms with Gasteiger partial charge < -0.3 is 15.2 Å². The third-order valence-corrected chi connectivity index (χ3v) is 7.38. The molecule has 1 amide bonds. The number of ether oxygens (including phenoxy) is 1. The van der Waals surface area contributed by atoms with Crippen molar-refractivity contribution in [2.24, 2.45) is 10.2 Å². The number of phenols is 1. The summed E-state index contributed by atoms with van der Waals surface area (Å²) in [5, 5.41) is 23.2. The highest BCUT2D eigenvalue weighted by atomic mass is 35.5. The first kappa shape index (κ1) is 28.3. The van der Waals surface area contributed by atoms with Crippen LogP contribution in [0, 0.1) is 0 Å². The number of hydrogen-bond donors (Lipinski definition) is 3. The van der Waals surface area contributed by atoms with Crippen LogP contribution >= 0.6 is 23.2 Å². The van der Waals surface area contributed by atoms with E-state index in [1.54, 1.807) is 50.2 Å². The minimum absolute atomic E-state index is 0.0396. The zero-order chi connectivity index (χ0) is 28.3. The van der Waals surface area contributed by atoms with E-state index < -0.39 is 26.7 Å². The highest BCUT2D eigenvalue weighted by molar-refractivity contribution is 7.86. The molecule has 0 unspecified atom stereocenters. The van der Waals surface area contributed by atoms with Gasteiger partial charge in [0, 0.05) is 10.4 Å². The lowest BCUT2D eigenvalue weighted by molar-refractivity contribution is 0.102. The fraction of sp³-hybridized carbons (Fsp3) is 0.148. The predicted octanol–water partition coefficient (Wildman–Crippen LogP) is 7.73. The van der Waals surface area contributed by atoms with Crippen molar-refractivity contribution in [3.63, 3.8) is 0 Å². The Morgan fingerprint density at radius 1 is 1.03 bits per heavy atom. The second-order valence-electron chi connectivity index (χ2n) is 8.33. The number of anilines is 1. The number of hydrogen-bond acceptors (Lipinski definition) is 7. The van der Waals surface area contributed by atoms with Gasteiger partial charge >= 0.3 is 0 Å². The van der Waals surface area contributed by atoms with Gasteiger partial charge in [0.2, 0.25) is 0 Å². The monoisotopic (exact) mass is 587 g/mol. The Morgan fingerprint density at radius 2 is 1.77 bits per heavy atom. The summed E-state index contributed by atoms with van der Waals surface area (Å²) in [4.78, 5) is 12.8. The van der Waals surface area contributed by atoms with Gasteiger partial charge in [0.25, 0.3) is 16.0 Å². The average Bonchev–Trinajstić information content (AvgIpc) is 2.89. The summed E-state index contributed by atoms with van der Waals surface area (Å²) in [6.45, 7) is 3.95. The molecule has 0 spiro atoms. The van der Waals surface area contributed by atoms with Crippen LogP contribution in [0.3, 0.4) is 0 Å². The fourth-order valence-corrected chi connectivity index (χ4v) is 5.11. The summed E-state index contributed by atoms with van der Waals surface area (Å²) in [6.07, 6.45) is 0.430. The number of carbonyl (C=O) groups is 1. The molecule has 0 bridgehead atoms. The van der Waals surface area contributed by atoms with Gasteiger partial charge in [0.1, 0.15) is 22.0 Å². The molecule has 0 radical (unpaired) electrons. The molecule has 0 fully saturated rings. The molecule has 0 saturated carbocycles. The number of aryl methyl sites for hydroxylation is 1. The SMILES string of the molecule is CCOc1ccc(Cl)cc1NC(=O)c1cc2ccccc2c(N=Nc2cc(CC)cc(S(=O)(=O)O)c2Cl)c1O. The quantitative estimate of drug-likeness (QED) is 0.142. The number of amides is 1. The van der Waals surface area contributed by atoms with E-state index in [4.69, 9.17) is 27.9 Å². The second-order valence-corrected chi connectivity index (χ2v) is 10.5. The second kappa shape index (κ2) is 11.6. The molecule has 202 valence electrons. The summed E-state index contributed by atoms with van der Waals surface area (Å²) in [7, 11) is -4.63. The van der Waals surface area contributed by atoms with Crippen LogP contribution in [-0.2, 0) is 16.5 Å². The van der Waals surface area contributed by atoms with Crippen LogP contribution in [0.2, 0.25) is 10.0 Å². The van der Waals surface area contributed by atoms with Crippen LogP contribution in [0.15, 0.2) is 75.8 Å². The predicted molar refractivity (Wildman–Crippen MR) is 151 cm³/mol. The minimum Gasteiger partial charge on any atom is -0.505 e. The zero-order valence-corrected chi connectivity index (χ0v) is 23.1. The number of carbonyl (C=O) groups excluding carboxylic acids is 1. The molecule has 0 saturated heterocycles.